The Labute approximate surface area is 157 Å². The van der Waals surface area contributed by atoms with Gasteiger partial charge in [0.25, 0.3) is 0 Å². The van der Waals surface area contributed by atoms with Gasteiger partial charge in [0.15, 0.2) is 0 Å². The molecule has 0 aromatic rings. The van der Waals surface area contributed by atoms with Crippen LogP contribution in [0.2, 0.25) is 0 Å². The molecule has 0 aliphatic heterocycles. The first-order valence-corrected chi connectivity index (χ1v) is 8.16. The van der Waals surface area contributed by atoms with Crippen LogP contribution in [-0.4, -0.2) is 74.7 Å². The van der Waals surface area contributed by atoms with Crippen LogP contribution in [-0.2, 0) is 38.1 Å². The normalized spacial score (nSPS) is 12.6. The Morgan fingerprint density at radius 1 is 0.778 bits per heavy atom. The fraction of sp³-hybridized carbons (Fsp3) is 0.647. The van der Waals surface area contributed by atoms with Gasteiger partial charge < -0.3 is 29.2 Å². The van der Waals surface area contributed by atoms with Gasteiger partial charge in [0.05, 0.1) is 31.5 Å². The highest BCUT2D eigenvalue weighted by Gasteiger charge is 2.34. The first kappa shape index (κ1) is 24.5. The van der Waals surface area contributed by atoms with E-state index in [-0.39, 0.29) is 32.0 Å². The van der Waals surface area contributed by atoms with Crippen LogP contribution >= 0.6 is 0 Å². The molecule has 2 N–H and O–H groups in total. The molecule has 10 nitrogen and oxygen atoms in total. The van der Waals surface area contributed by atoms with Gasteiger partial charge in [-0.25, -0.2) is 4.79 Å². The monoisotopic (exact) mass is 390 g/mol. The number of carbonyl (C=O) groups excluding carboxylic acids is 2. The second-order valence-corrected chi connectivity index (χ2v) is 5.57. The van der Waals surface area contributed by atoms with Crippen molar-refractivity contribution in [2.75, 3.05) is 40.6 Å². The maximum Gasteiger partial charge on any atom is 0.332 e. The summed E-state index contributed by atoms with van der Waals surface area (Å²) >= 11 is 0. The lowest BCUT2D eigenvalue weighted by atomic mass is 9.84. The minimum Gasteiger partial charge on any atom is -0.481 e. The summed E-state index contributed by atoms with van der Waals surface area (Å²) in [5.41, 5.74) is -0.732. The third-order valence-corrected chi connectivity index (χ3v) is 3.64. The molecule has 0 radical (unpaired) electrons. The molecule has 0 heterocycles. The Morgan fingerprint density at radius 2 is 1.19 bits per heavy atom. The van der Waals surface area contributed by atoms with Crippen molar-refractivity contribution in [2.24, 2.45) is 11.8 Å². The minimum absolute atomic E-state index is 0.0685. The van der Waals surface area contributed by atoms with Crippen LogP contribution in [0.15, 0.2) is 11.1 Å². The van der Waals surface area contributed by atoms with Crippen LogP contribution in [0, 0.1) is 11.8 Å². The predicted molar refractivity (Wildman–Crippen MR) is 90.9 cm³/mol. The van der Waals surface area contributed by atoms with E-state index < -0.39 is 47.7 Å². The third-order valence-electron chi connectivity index (χ3n) is 3.64. The first-order chi connectivity index (χ1) is 12.7. The molecule has 2 atom stereocenters. The summed E-state index contributed by atoms with van der Waals surface area (Å²) in [6.45, 7) is 2.81. The Hall–Kier alpha value is -2.46. The minimum atomic E-state index is -1.54. The van der Waals surface area contributed by atoms with Crippen molar-refractivity contribution < 1.29 is 48.3 Å². The van der Waals surface area contributed by atoms with Crippen LogP contribution in [0.4, 0.5) is 0 Å². The zero-order valence-corrected chi connectivity index (χ0v) is 15.9. The second kappa shape index (κ2) is 12.8. The van der Waals surface area contributed by atoms with Gasteiger partial charge in [-0.3, -0.25) is 14.4 Å². The smallest absolute Gasteiger partial charge is 0.332 e. The molecular weight excluding hydrogens is 364 g/mol. The zero-order chi connectivity index (χ0) is 21.0. The molecule has 0 amide bonds. The van der Waals surface area contributed by atoms with E-state index in [9.17, 15) is 24.3 Å². The molecule has 0 aromatic heterocycles. The van der Waals surface area contributed by atoms with Crippen molar-refractivity contribution in [3.63, 3.8) is 0 Å². The number of aliphatic carboxylic acids is 2. The van der Waals surface area contributed by atoms with Crippen molar-refractivity contribution in [2.45, 2.75) is 20.3 Å². The lowest BCUT2D eigenvalue weighted by molar-refractivity contribution is -0.150. The van der Waals surface area contributed by atoms with Gasteiger partial charge >= 0.3 is 23.9 Å². The maximum atomic E-state index is 12.2. The number of carbonyl (C=O) groups is 4. The second-order valence-electron chi connectivity index (χ2n) is 5.57. The van der Waals surface area contributed by atoms with E-state index >= 15 is 0 Å². The molecule has 2 unspecified atom stereocenters. The van der Waals surface area contributed by atoms with Crippen LogP contribution in [0.1, 0.15) is 20.3 Å². The van der Waals surface area contributed by atoms with Crippen LogP contribution in [0.5, 0.6) is 0 Å². The van der Waals surface area contributed by atoms with E-state index in [4.69, 9.17) is 24.1 Å². The van der Waals surface area contributed by atoms with Gasteiger partial charge in [-0.05, 0) is 19.4 Å². The van der Waals surface area contributed by atoms with E-state index in [0.29, 0.717) is 0 Å². The van der Waals surface area contributed by atoms with Gasteiger partial charge in [-0.2, -0.15) is 0 Å². The standard InChI is InChI=1S/C17H26O10/c1-10(16(22)26-7-5-24-3)14(12(15(20)21)9-13(18)19)11(2)17(23)27-8-6-25-4/h10-11H,5-9H2,1-4H3,(H,18,19)(H,20,21). The Bertz CT molecular complexity index is 536. The van der Waals surface area contributed by atoms with Gasteiger partial charge in [0.2, 0.25) is 0 Å². The molecule has 27 heavy (non-hydrogen) atoms. The SMILES string of the molecule is COCCOC(=O)C(C)C(=C(CC(=O)O)C(=O)O)C(C)C(=O)OCCOC. The lowest BCUT2D eigenvalue weighted by Crippen LogP contribution is -2.30. The van der Waals surface area contributed by atoms with Gasteiger partial charge in [0, 0.05) is 19.8 Å². The fourth-order valence-electron chi connectivity index (χ4n) is 2.31. The highest BCUT2D eigenvalue weighted by atomic mass is 16.6. The quantitative estimate of drug-likeness (QED) is 0.259. The highest BCUT2D eigenvalue weighted by Crippen LogP contribution is 2.28. The average molecular weight is 390 g/mol. The number of ether oxygens (including phenoxy) is 4. The van der Waals surface area contributed by atoms with E-state index in [1.54, 1.807) is 0 Å². The molecule has 0 rings (SSSR count). The number of hydrogen-bond acceptors (Lipinski definition) is 8. The van der Waals surface area contributed by atoms with Crippen molar-refractivity contribution in [1.29, 1.82) is 0 Å². The van der Waals surface area contributed by atoms with E-state index in [0.717, 1.165) is 0 Å². The Balaban J connectivity index is 5.78. The molecule has 0 saturated carbocycles. The van der Waals surface area contributed by atoms with Gasteiger partial charge in [-0.15, -0.1) is 0 Å². The number of carboxylic acid groups (broad SMARTS) is 2. The molecule has 0 aromatic carbocycles. The van der Waals surface area contributed by atoms with E-state index in [1.165, 1.54) is 28.1 Å². The summed E-state index contributed by atoms with van der Waals surface area (Å²) in [6.07, 6.45) is -0.865. The number of methoxy groups -OCH3 is 2. The third kappa shape index (κ3) is 8.65. The Kier molecular flexibility index (Phi) is 11.7. The highest BCUT2D eigenvalue weighted by molar-refractivity contribution is 5.96. The van der Waals surface area contributed by atoms with Crippen LogP contribution < -0.4 is 0 Å². The van der Waals surface area contributed by atoms with Crippen molar-refractivity contribution in [3.05, 3.63) is 11.1 Å². The summed E-state index contributed by atoms with van der Waals surface area (Å²) in [6, 6.07) is 0. The largest absolute Gasteiger partial charge is 0.481 e. The maximum absolute atomic E-state index is 12.2. The predicted octanol–water partition coefficient (Wildman–Crippen LogP) is 0.494. The van der Waals surface area contributed by atoms with Crippen LogP contribution in [0.25, 0.3) is 0 Å². The number of rotatable bonds is 13. The summed E-state index contributed by atoms with van der Waals surface area (Å²) in [5.74, 6) is -6.90. The topological polar surface area (TPSA) is 146 Å². The van der Waals surface area contributed by atoms with Gasteiger partial charge in [-0.1, -0.05) is 0 Å². The molecule has 154 valence electrons. The lowest BCUT2D eigenvalue weighted by Gasteiger charge is -2.22. The average Bonchev–Trinajstić information content (AvgIpc) is 2.60. The summed E-state index contributed by atoms with van der Waals surface area (Å²) in [7, 11) is 2.83. The molecule has 0 saturated heterocycles. The number of esters is 2. The van der Waals surface area contributed by atoms with E-state index in [1.807, 2.05) is 0 Å². The van der Waals surface area contributed by atoms with Crippen molar-refractivity contribution in [3.8, 4) is 0 Å². The molecule has 0 fully saturated rings. The summed E-state index contributed by atoms with van der Waals surface area (Å²) < 4.78 is 19.5. The summed E-state index contributed by atoms with van der Waals surface area (Å²) in [4.78, 5) is 47.1. The molecule has 0 bridgehead atoms. The van der Waals surface area contributed by atoms with Crippen molar-refractivity contribution in [1.82, 2.24) is 0 Å². The molecule has 10 heteroatoms. The van der Waals surface area contributed by atoms with Crippen LogP contribution in [0.3, 0.4) is 0 Å². The molecular formula is C17H26O10. The molecule has 0 aliphatic carbocycles. The molecule has 0 aliphatic rings. The first-order valence-electron chi connectivity index (χ1n) is 8.16. The van der Waals surface area contributed by atoms with E-state index in [2.05, 4.69) is 0 Å². The summed E-state index contributed by atoms with van der Waals surface area (Å²) in [5, 5.41) is 18.4. The number of hydrogen-bond donors (Lipinski definition) is 2. The molecule has 0 spiro atoms. The Morgan fingerprint density at radius 3 is 1.48 bits per heavy atom. The fourth-order valence-corrected chi connectivity index (χ4v) is 2.31. The zero-order valence-electron chi connectivity index (χ0n) is 15.9. The number of carboxylic acids is 2. The van der Waals surface area contributed by atoms with Crippen molar-refractivity contribution >= 4 is 23.9 Å². The van der Waals surface area contributed by atoms with Gasteiger partial charge in [0.1, 0.15) is 13.2 Å².